The second-order valence-corrected chi connectivity index (χ2v) is 5.91. The van der Waals surface area contributed by atoms with E-state index >= 15 is 0 Å². The highest BCUT2D eigenvalue weighted by atomic mass is 32.2. The number of rotatable bonds is 6. The van der Waals surface area contributed by atoms with Crippen molar-refractivity contribution in [3.8, 4) is 12.3 Å². The number of nitrogens with zero attached hydrogens (tertiary/aromatic N) is 2. The Bertz CT molecular complexity index is 540. The number of sulfonamides is 1. The van der Waals surface area contributed by atoms with Gasteiger partial charge in [0.05, 0.1) is 0 Å². The van der Waals surface area contributed by atoms with Crippen LogP contribution in [0, 0.1) is 19.3 Å². The van der Waals surface area contributed by atoms with Gasteiger partial charge in [-0.3, -0.25) is 0 Å². The van der Waals surface area contributed by atoms with Crippen LogP contribution < -0.4 is 4.72 Å². The molecule has 0 spiro atoms. The van der Waals surface area contributed by atoms with Crippen LogP contribution in [0.4, 0.5) is 0 Å². The van der Waals surface area contributed by atoms with Gasteiger partial charge in [0.15, 0.2) is 5.03 Å². The Kier molecular flexibility index (Phi) is 4.93. The molecule has 0 radical (unpaired) electrons. The third-order valence-corrected chi connectivity index (χ3v) is 3.93. The molecule has 0 aliphatic carbocycles. The molecule has 1 aromatic rings. The maximum absolute atomic E-state index is 12.0. The van der Waals surface area contributed by atoms with Crippen LogP contribution in [-0.2, 0) is 16.6 Å². The Morgan fingerprint density at radius 3 is 2.83 bits per heavy atom. The van der Waals surface area contributed by atoms with Crippen LogP contribution >= 0.6 is 0 Å². The number of nitrogens with one attached hydrogen (secondary N) is 1. The molecule has 18 heavy (non-hydrogen) atoms. The number of hydrogen-bond acceptors (Lipinski definition) is 3. The molecular weight excluding hydrogens is 250 g/mol. The summed E-state index contributed by atoms with van der Waals surface area (Å²) in [6.07, 6.45) is 7.99. The first-order valence-corrected chi connectivity index (χ1v) is 7.38. The van der Waals surface area contributed by atoms with Crippen molar-refractivity contribution in [3.05, 3.63) is 12.0 Å². The Hall–Kier alpha value is -1.32. The van der Waals surface area contributed by atoms with E-state index in [1.54, 1.807) is 20.0 Å². The van der Waals surface area contributed by atoms with Gasteiger partial charge in [-0.2, -0.15) is 0 Å². The first-order chi connectivity index (χ1) is 8.40. The second kappa shape index (κ2) is 6.03. The van der Waals surface area contributed by atoms with E-state index < -0.39 is 10.0 Å². The lowest BCUT2D eigenvalue weighted by Gasteiger charge is -2.09. The van der Waals surface area contributed by atoms with Crippen molar-refractivity contribution in [2.45, 2.75) is 51.2 Å². The molecule has 5 nitrogen and oxygen atoms in total. The van der Waals surface area contributed by atoms with E-state index in [0.717, 1.165) is 13.0 Å². The summed E-state index contributed by atoms with van der Waals surface area (Å²) < 4.78 is 28.4. The molecular formula is C12H19N3O2S. The second-order valence-electron chi connectivity index (χ2n) is 4.25. The summed E-state index contributed by atoms with van der Waals surface area (Å²) in [5.41, 5.74) is 0. The minimum atomic E-state index is -3.58. The van der Waals surface area contributed by atoms with Crippen LogP contribution in [0.5, 0.6) is 0 Å². The number of imidazole rings is 1. The van der Waals surface area contributed by atoms with Gasteiger partial charge in [-0.25, -0.2) is 18.1 Å². The van der Waals surface area contributed by atoms with Gasteiger partial charge in [0, 0.05) is 25.2 Å². The van der Waals surface area contributed by atoms with Crippen molar-refractivity contribution >= 4 is 10.0 Å². The molecule has 0 saturated heterocycles. The van der Waals surface area contributed by atoms with E-state index in [0.29, 0.717) is 12.2 Å². The third kappa shape index (κ3) is 3.59. The average Bonchev–Trinajstić information content (AvgIpc) is 2.61. The zero-order chi connectivity index (χ0) is 13.8. The van der Waals surface area contributed by atoms with E-state index in [1.807, 2.05) is 11.5 Å². The Morgan fingerprint density at radius 1 is 1.61 bits per heavy atom. The fourth-order valence-electron chi connectivity index (χ4n) is 1.62. The minimum Gasteiger partial charge on any atom is -0.334 e. The predicted octanol–water partition coefficient (Wildman–Crippen LogP) is 1.29. The standard InChI is InChI=1S/C12H19N3O2S/c1-5-7-10(3)14-18(16,17)12-9-15(8-6-2)11(4)13-12/h1,9-10,14H,6-8H2,2-4H3. The summed E-state index contributed by atoms with van der Waals surface area (Å²) in [4.78, 5) is 4.07. The highest BCUT2D eigenvalue weighted by molar-refractivity contribution is 7.89. The van der Waals surface area contributed by atoms with Crippen molar-refractivity contribution in [2.75, 3.05) is 0 Å². The van der Waals surface area contributed by atoms with Crippen LogP contribution in [0.2, 0.25) is 0 Å². The highest BCUT2D eigenvalue weighted by Gasteiger charge is 2.20. The fourth-order valence-corrected chi connectivity index (χ4v) is 2.87. The largest absolute Gasteiger partial charge is 0.334 e. The normalized spacial score (nSPS) is 13.2. The molecule has 6 heteroatoms. The first kappa shape index (κ1) is 14.7. The van der Waals surface area contributed by atoms with Crippen molar-refractivity contribution in [1.29, 1.82) is 0 Å². The van der Waals surface area contributed by atoms with Gasteiger partial charge in [0.1, 0.15) is 5.82 Å². The number of aryl methyl sites for hydroxylation is 2. The van der Waals surface area contributed by atoms with E-state index in [-0.39, 0.29) is 11.1 Å². The van der Waals surface area contributed by atoms with Gasteiger partial charge in [-0.15, -0.1) is 12.3 Å². The Balaban J connectivity index is 2.92. The molecule has 0 aliphatic rings. The molecule has 1 aromatic heterocycles. The maximum Gasteiger partial charge on any atom is 0.259 e. The highest BCUT2D eigenvalue weighted by Crippen LogP contribution is 2.10. The number of hydrogen-bond donors (Lipinski definition) is 1. The molecule has 0 amide bonds. The molecule has 1 N–H and O–H groups in total. The van der Waals surface area contributed by atoms with Crippen LogP contribution in [-0.4, -0.2) is 24.0 Å². The molecule has 0 aromatic carbocycles. The summed E-state index contributed by atoms with van der Waals surface area (Å²) in [6, 6.07) is -0.295. The summed E-state index contributed by atoms with van der Waals surface area (Å²) >= 11 is 0. The lowest BCUT2D eigenvalue weighted by molar-refractivity contribution is 0.560. The van der Waals surface area contributed by atoms with Gasteiger partial charge in [-0.1, -0.05) is 6.92 Å². The van der Waals surface area contributed by atoms with Gasteiger partial charge < -0.3 is 4.57 Å². The van der Waals surface area contributed by atoms with Crippen molar-refractivity contribution < 1.29 is 8.42 Å². The Labute approximate surface area is 109 Å². The molecule has 0 saturated carbocycles. The van der Waals surface area contributed by atoms with Crippen LogP contribution in [0.25, 0.3) is 0 Å². The van der Waals surface area contributed by atoms with E-state index in [2.05, 4.69) is 15.6 Å². The van der Waals surface area contributed by atoms with Crippen molar-refractivity contribution in [3.63, 3.8) is 0 Å². The van der Waals surface area contributed by atoms with E-state index in [4.69, 9.17) is 6.42 Å². The number of aromatic nitrogens is 2. The van der Waals surface area contributed by atoms with Gasteiger partial charge in [0.25, 0.3) is 10.0 Å². The van der Waals surface area contributed by atoms with Crippen molar-refractivity contribution in [1.82, 2.24) is 14.3 Å². The van der Waals surface area contributed by atoms with E-state index in [1.165, 1.54) is 0 Å². The zero-order valence-electron chi connectivity index (χ0n) is 11.0. The molecule has 1 rings (SSSR count). The average molecular weight is 269 g/mol. The van der Waals surface area contributed by atoms with Crippen LogP contribution in [0.15, 0.2) is 11.2 Å². The van der Waals surface area contributed by atoms with Gasteiger partial charge in [-0.05, 0) is 20.3 Å². The maximum atomic E-state index is 12.0. The van der Waals surface area contributed by atoms with Gasteiger partial charge in [0.2, 0.25) is 0 Å². The lowest BCUT2D eigenvalue weighted by atomic mass is 10.3. The minimum absolute atomic E-state index is 0.0531. The van der Waals surface area contributed by atoms with Crippen LogP contribution in [0.3, 0.4) is 0 Å². The molecule has 1 heterocycles. The molecule has 1 unspecified atom stereocenters. The van der Waals surface area contributed by atoms with Gasteiger partial charge >= 0.3 is 0 Å². The van der Waals surface area contributed by atoms with E-state index in [9.17, 15) is 8.42 Å². The quantitative estimate of drug-likeness (QED) is 0.792. The monoisotopic (exact) mass is 269 g/mol. The fraction of sp³-hybridized carbons (Fsp3) is 0.583. The summed E-state index contributed by atoms with van der Waals surface area (Å²) in [7, 11) is -3.58. The lowest BCUT2D eigenvalue weighted by Crippen LogP contribution is -2.32. The third-order valence-electron chi connectivity index (χ3n) is 2.47. The van der Waals surface area contributed by atoms with Crippen LogP contribution in [0.1, 0.15) is 32.5 Å². The predicted molar refractivity (Wildman–Crippen MR) is 70.5 cm³/mol. The summed E-state index contributed by atoms with van der Waals surface area (Å²) in [5.74, 6) is 3.12. The molecule has 0 bridgehead atoms. The molecule has 0 aliphatic heterocycles. The molecule has 0 fully saturated rings. The SMILES string of the molecule is C#CCC(C)NS(=O)(=O)c1cn(CCC)c(C)n1. The number of terminal acetylenes is 1. The summed E-state index contributed by atoms with van der Waals surface area (Å²) in [5, 5.41) is 0.0531. The Morgan fingerprint density at radius 2 is 2.28 bits per heavy atom. The van der Waals surface area contributed by atoms with Crippen molar-refractivity contribution in [2.24, 2.45) is 0 Å². The zero-order valence-corrected chi connectivity index (χ0v) is 11.8. The molecule has 1 atom stereocenters. The first-order valence-electron chi connectivity index (χ1n) is 5.90. The molecule has 100 valence electrons. The summed E-state index contributed by atoms with van der Waals surface area (Å²) in [6.45, 7) is 6.31. The smallest absolute Gasteiger partial charge is 0.259 e. The topological polar surface area (TPSA) is 64.0 Å².